The summed E-state index contributed by atoms with van der Waals surface area (Å²) in [6.07, 6.45) is 3.05. The first kappa shape index (κ1) is 14.8. The van der Waals surface area contributed by atoms with Crippen LogP contribution in [0.4, 0.5) is 4.39 Å². The lowest BCUT2D eigenvalue weighted by Crippen LogP contribution is -2.37. The number of aliphatic hydroxyl groups excluding tert-OH is 1. The predicted octanol–water partition coefficient (Wildman–Crippen LogP) is 3.12. The number of thioether (sulfide) groups is 1. The highest BCUT2D eigenvalue weighted by molar-refractivity contribution is 7.99. The molecule has 2 nitrogen and oxygen atoms in total. The van der Waals surface area contributed by atoms with Crippen molar-refractivity contribution in [2.75, 3.05) is 12.3 Å². The van der Waals surface area contributed by atoms with E-state index >= 15 is 0 Å². The van der Waals surface area contributed by atoms with E-state index in [0.29, 0.717) is 23.4 Å². The third-order valence-corrected chi connectivity index (χ3v) is 4.97. The summed E-state index contributed by atoms with van der Waals surface area (Å²) in [5.74, 6) is 0.840. The van der Waals surface area contributed by atoms with Crippen molar-refractivity contribution in [3.05, 3.63) is 35.6 Å². The highest BCUT2D eigenvalue weighted by atomic mass is 32.2. The second-order valence-corrected chi connectivity index (χ2v) is 6.53. The Hall–Kier alpha value is -0.580. The maximum Gasteiger partial charge on any atom is 0.123 e. The topological polar surface area (TPSA) is 32.3 Å². The van der Waals surface area contributed by atoms with Crippen molar-refractivity contribution >= 4 is 11.8 Å². The predicted molar refractivity (Wildman–Crippen MR) is 78.9 cm³/mol. The molecule has 106 valence electrons. The van der Waals surface area contributed by atoms with Crippen molar-refractivity contribution in [1.29, 1.82) is 0 Å². The average Bonchev–Trinajstić information content (AvgIpc) is 2.84. The highest BCUT2D eigenvalue weighted by Crippen LogP contribution is 2.30. The molecule has 4 heteroatoms. The maximum atomic E-state index is 13.1. The summed E-state index contributed by atoms with van der Waals surface area (Å²) in [5.41, 5.74) is 0.644. The van der Waals surface area contributed by atoms with E-state index in [4.69, 9.17) is 0 Å². The van der Waals surface area contributed by atoms with Gasteiger partial charge in [0.1, 0.15) is 5.82 Å². The molecule has 19 heavy (non-hydrogen) atoms. The third kappa shape index (κ3) is 4.20. The van der Waals surface area contributed by atoms with Gasteiger partial charge in [-0.05, 0) is 36.3 Å². The van der Waals surface area contributed by atoms with Crippen LogP contribution in [0, 0.1) is 5.82 Å². The molecule has 0 heterocycles. The Morgan fingerprint density at radius 2 is 2.32 bits per heavy atom. The minimum Gasteiger partial charge on any atom is -0.387 e. The number of halogens is 1. The molecule has 1 aromatic carbocycles. The van der Waals surface area contributed by atoms with E-state index in [2.05, 4.69) is 12.2 Å². The molecular weight excluding hydrogens is 261 g/mol. The van der Waals surface area contributed by atoms with E-state index in [0.717, 1.165) is 5.75 Å². The van der Waals surface area contributed by atoms with Crippen LogP contribution in [0.2, 0.25) is 0 Å². The summed E-state index contributed by atoms with van der Waals surface area (Å²) < 4.78 is 13.1. The fraction of sp³-hybridized carbons (Fsp3) is 0.600. The monoisotopic (exact) mass is 283 g/mol. The van der Waals surface area contributed by atoms with E-state index < -0.39 is 6.10 Å². The standard InChI is InChI=1S/C15H22FNOS/c1-2-19-15-8-4-7-13(15)17-10-14(18)11-5-3-6-12(16)9-11/h3,5-6,9,13-15,17-18H,2,4,7-8,10H2,1H3. The molecular formula is C15H22FNOS. The summed E-state index contributed by atoms with van der Waals surface area (Å²) >= 11 is 1.99. The molecule has 1 aliphatic carbocycles. The van der Waals surface area contributed by atoms with Gasteiger partial charge in [-0.25, -0.2) is 4.39 Å². The van der Waals surface area contributed by atoms with Gasteiger partial charge in [0.05, 0.1) is 6.10 Å². The van der Waals surface area contributed by atoms with Gasteiger partial charge in [-0.2, -0.15) is 11.8 Å². The van der Waals surface area contributed by atoms with Crippen LogP contribution in [-0.4, -0.2) is 28.7 Å². The first-order valence-corrected chi connectivity index (χ1v) is 8.04. The molecule has 3 unspecified atom stereocenters. The van der Waals surface area contributed by atoms with Gasteiger partial charge in [0, 0.05) is 17.8 Å². The Kier molecular flexibility index (Phi) is 5.67. The van der Waals surface area contributed by atoms with Crippen molar-refractivity contribution in [1.82, 2.24) is 5.32 Å². The molecule has 1 aromatic rings. The van der Waals surface area contributed by atoms with E-state index in [1.807, 2.05) is 11.8 Å². The van der Waals surface area contributed by atoms with Gasteiger partial charge in [0.2, 0.25) is 0 Å². The van der Waals surface area contributed by atoms with Crippen LogP contribution < -0.4 is 5.32 Å². The van der Waals surface area contributed by atoms with Crippen LogP contribution in [0.5, 0.6) is 0 Å². The molecule has 0 aliphatic heterocycles. The second-order valence-electron chi connectivity index (χ2n) is 5.01. The lowest BCUT2D eigenvalue weighted by atomic mass is 10.1. The van der Waals surface area contributed by atoms with E-state index in [-0.39, 0.29) is 5.82 Å². The largest absolute Gasteiger partial charge is 0.387 e. The van der Waals surface area contributed by atoms with Crippen molar-refractivity contribution in [2.24, 2.45) is 0 Å². The zero-order valence-corrected chi connectivity index (χ0v) is 12.1. The van der Waals surface area contributed by atoms with E-state index in [1.165, 1.54) is 31.4 Å². The van der Waals surface area contributed by atoms with Gasteiger partial charge >= 0.3 is 0 Å². The normalized spacial score (nSPS) is 24.6. The Labute approximate surface area is 118 Å². The highest BCUT2D eigenvalue weighted by Gasteiger charge is 2.27. The van der Waals surface area contributed by atoms with Crippen molar-refractivity contribution in [3.8, 4) is 0 Å². The third-order valence-electron chi connectivity index (χ3n) is 3.64. The molecule has 0 aromatic heterocycles. The van der Waals surface area contributed by atoms with Crippen molar-refractivity contribution in [3.63, 3.8) is 0 Å². The van der Waals surface area contributed by atoms with Gasteiger partial charge in [-0.3, -0.25) is 0 Å². The minimum absolute atomic E-state index is 0.295. The molecule has 0 saturated heterocycles. The quantitative estimate of drug-likeness (QED) is 0.841. The van der Waals surface area contributed by atoms with Crippen LogP contribution in [0.1, 0.15) is 37.9 Å². The molecule has 1 saturated carbocycles. The molecule has 0 amide bonds. The van der Waals surface area contributed by atoms with Crippen LogP contribution in [0.25, 0.3) is 0 Å². The first-order chi connectivity index (χ1) is 9.20. The minimum atomic E-state index is -0.636. The number of hydrogen-bond donors (Lipinski definition) is 2. The van der Waals surface area contributed by atoms with Gasteiger partial charge in [0.25, 0.3) is 0 Å². The first-order valence-electron chi connectivity index (χ1n) is 6.99. The number of hydrogen-bond acceptors (Lipinski definition) is 3. The van der Waals surface area contributed by atoms with Crippen LogP contribution in [0.15, 0.2) is 24.3 Å². The van der Waals surface area contributed by atoms with E-state index in [9.17, 15) is 9.50 Å². The van der Waals surface area contributed by atoms with Gasteiger partial charge < -0.3 is 10.4 Å². The molecule has 1 fully saturated rings. The maximum absolute atomic E-state index is 13.1. The Balaban J connectivity index is 1.84. The molecule has 1 aliphatic rings. The average molecular weight is 283 g/mol. The van der Waals surface area contributed by atoms with Gasteiger partial charge in [-0.15, -0.1) is 0 Å². The zero-order chi connectivity index (χ0) is 13.7. The number of rotatable bonds is 6. The van der Waals surface area contributed by atoms with Gasteiger partial charge in [-0.1, -0.05) is 25.5 Å². The number of nitrogens with one attached hydrogen (secondary N) is 1. The summed E-state index contributed by atoms with van der Waals surface area (Å²) in [7, 11) is 0. The fourth-order valence-electron chi connectivity index (χ4n) is 2.67. The van der Waals surface area contributed by atoms with Crippen LogP contribution in [-0.2, 0) is 0 Å². The zero-order valence-electron chi connectivity index (χ0n) is 11.3. The molecule has 2 rings (SSSR count). The Bertz CT molecular complexity index is 401. The van der Waals surface area contributed by atoms with Crippen molar-refractivity contribution < 1.29 is 9.50 Å². The molecule has 0 bridgehead atoms. The van der Waals surface area contributed by atoms with Crippen molar-refractivity contribution in [2.45, 2.75) is 43.6 Å². The smallest absolute Gasteiger partial charge is 0.123 e. The lowest BCUT2D eigenvalue weighted by molar-refractivity contribution is 0.170. The fourth-order valence-corrected chi connectivity index (χ4v) is 3.89. The summed E-state index contributed by atoms with van der Waals surface area (Å²) in [4.78, 5) is 0. The molecule has 3 atom stereocenters. The SMILES string of the molecule is CCSC1CCCC1NCC(O)c1cccc(F)c1. The molecule has 0 radical (unpaired) electrons. The Morgan fingerprint density at radius 1 is 1.47 bits per heavy atom. The summed E-state index contributed by atoms with van der Waals surface area (Å²) in [6, 6.07) is 6.68. The van der Waals surface area contributed by atoms with Crippen LogP contribution >= 0.6 is 11.8 Å². The van der Waals surface area contributed by atoms with E-state index in [1.54, 1.807) is 12.1 Å². The lowest BCUT2D eigenvalue weighted by Gasteiger charge is -2.22. The Morgan fingerprint density at radius 3 is 3.05 bits per heavy atom. The van der Waals surface area contributed by atoms with Crippen LogP contribution in [0.3, 0.4) is 0 Å². The summed E-state index contributed by atoms with van der Waals surface area (Å²) in [6.45, 7) is 2.68. The second kappa shape index (κ2) is 7.27. The number of aliphatic hydroxyl groups is 1. The van der Waals surface area contributed by atoms with Gasteiger partial charge in [0.15, 0.2) is 0 Å². The molecule has 2 N–H and O–H groups in total. The summed E-state index contributed by atoms with van der Waals surface area (Å²) in [5, 5.41) is 14.2. The molecule has 0 spiro atoms. The number of benzene rings is 1.